The molecule has 17 heavy (non-hydrogen) atoms. The summed E-state index contributed by atoms with van der Waals surface area (Å²) in [5.41, 5.74) is 2.94. The average Bonchev–Trinajstić information content (AvgIpc) is 2.80. The number of amides is 2. The summed E-state index contributed by atoms with van der Waals surface area (Å²) < 4.78 is 4.64. The summed E-state index contributed by atoms with van der Waals surface area (Å²) in [5, 5.41) is 3.84. The van der Waals surface area contributed by atoms with Gasteiger partial charge in [0.15, 0.2) is 0 Å². The normalized spacial score (nSPS) is 16.1. The standard InChI is InChI=1S/C11H19N3O3/c1-9(12-13-10(15)8-17-2)7-11(16)14-5-3-4-6-14/h3-8H2,1-2H3,(H,13,15)/b12-9+. The van der Waals surface area contributed by atoms with Crippen LogP contribution < -0.4 is 5.43 Å². The topological polar surface area (TPSA) is 71.0 Å². The van der Waals surface area contributed by atoms with Crippen LogP contribution in [0.5, 0.6) is 0 Å². The molecule has 1 heterocycles. The molecule has 1 saturated heterocycles. The Morgan fingerprint density at radius 2 is 2.00 bits per heavy atom. The molecular weight excluding hydrogens is 222 g/mol. The maximum atomic E-state index is 11.7. The van der Waals surface area contributed by atoms with Crippen molar-refractivity contribution in [3.63, 3.8) is 0 Å². The predicted molar refractivity (Wildman–Crippen MR) is 63.6 cm³/mol. The van der Waals surface area contributed by atoms with Crippen molar-refractivity contribution < 1.29 is 14.3 Å². The first-order valence-corrected chi connectivity index (χ1v) is 5.72. The summed E-state index contributed by atoms with van der Waals surface area (Å²) in [4.78, 5) is 24.6. The fourth-order valence-corrected chi connectivity index (χ4v) is 1.66. The zero-order valence-corrected chi connectivity index (χ0v) is 10.4. The summed E-state index contributed by atoms with van der Waals surface area (Å²) in [6.07, 6.45) is 2.41. The first-order chi connectivity index (χ1) is 8.13. The molecule has 1 aliphatic heterocycles. The Balaban J connectivity index is 2.31. The minimum absolute atomic E-state index is 0.0309. The Morgan fingerprint density at radius 3 is 2.59 bits per heavy atom. The van der Waals surface area contributed by atoms with Gasteiger partial charge in [0.25, 0.3) is 5.91 Å². The van der Waals surface area contributed by atoms with E-state index < -0.39 is 0 Å². The Morgan fingerprint density at radius 1 is 1.35 bits per heavy atom. The van der Waals surface area contributed by atoms with Gasteiger partial charge in [0.2, 0.25) is 5.91 Å². The maximum absolute atomic E-state index is 11.7. The van der Waals surface area contributed by atoms with E-state index in [-0.39, 0.29) is 24.8 Å². The van der Waals surface area contributed by atoms with E-state index in [1.54, 1.807) is 6.92 Å². The van der Waals surface area contributed by atoms with Crippen LogP contribution in [0.4, 0.5) is 0 Å². The fourth-order valence-electron chi connectivity index (χ4n) is 1.66. The highest BCUT2D eigenvalue weighted by atomic mass is 16.5. The molecule has 0 aromatic rings. The second-order valence-corrected chi connectivity index (χ2v) is 4.08. The third kappa shape index (κ3) is 4.95. The molecule has 1 aliphatic rings. The van der Waals surface area contributed by atoms with Crippen molar-refractivity contribution >= 4 is 17.5 Å². The van der Waals surface area contributed by atoms with Gasteiger partial charge < -0.3 is 9.64 Å². The van der Waals surface area contributed by atoms with Crippen LogP contribution in [0, 0.1) is 0 Å². The molecule has 6 nitrogen and oxygen atoms in total. The summed E-state index contributed by atoms with van der Waals surface area (Å²) >= 11 is 0. The van der Waals surface area contributed by atoms with Crippen molar-refractivity contribution in [1.82, 2.24) is 10.3 Å². The largest absolute Gasteiger partial charge is 0.375 e. The highest BCUT2D eigenvalue weighted by Gasteiger charge is 2.18. The quantitative estimate of drug-likeness (QED) is 0.549. The Kier molecular flexibility index (Phi) is 5.62. The molecule has 6 heteroatoms. The number of carbonyl (C=O) groups is 2. The van der Waals surface area contributed by atoms with E-state index in [1.807, 2.05) is 4.90 Å². The van der Waals surface area contributed by atoms with Gasteiger partial charge in [-0.05, 0) is 19.8 Å². The number of methoxy groups -OCH3 is 1. The molecule has 0 aromatic carbocycles. The Bertz CT molecular complexity index is 309. The van der Waals surface area contributed by atoms with E-state index in [1.165, 1.54) is 7.11 Å². The van der Waals surface area contributed by atoms with E-state index in [9.17, 15) is 9.59 Å². The second-order valence-electron chi connectivity index (χ2n) is 4.08. The van der Waals surface area contributed by atoms with E-state index in [4.69, 9.17) is 0 Å². The van der Waals surface area contributed by atoms with Gasteiger partial charge in [0, 0.05) is 25.9 Å². The molecule has 0 saturated carbocycles. The van der Waals surface area contributed by atoms with Crippen LogP contribution in [-0.2, 0) is 14.3 Å². The monoisotopic (exact) mass is 241 g/mol. The number of likely N-dealkylation sites (tertiary alicyclic amines) is 1. The van der Waals surface area contributed by atoms with Crippen LogP contribution in [0.15, 0.2) is 5.10 Å². The molecule has 0 radical (unpaired) electrons. The van der Waals surface area contributed by atoms with Crippen molar-refractivity contribution in [3.8, 4) is 0 Å². The fraction of sp³-hybridized carbons (Fsp3) is 0.727. The van der Waals surface area contributed by atoms with Gasteiger partial charge in [-0.25, -0.2) is 5.43 Å². The van der Waals surface area contributed by atoms with E-state index in [0.29, 0.717) is 5.71 Å². The average molecular weight is 241 g/mol. The molecule has 0 aliphatic carbocycles. The number of hydrogen-bond donors (Lipinski definition) is 1. The second kappa shape index (κ2) is 7.01. The smallest absolute Gasteiger partial charge is 0.266 e. The van der Waals surface area contributed by atoms with Crippen LogP contribution in [0.2, 0.25) is 0 Å². The summed E-state index contributed by atoms with van der Waals surface area (Å²) in [5.74, 6) is -0.245. The van der Waals surface area contributed by atoms with Gasteiger partial charge in [-0.1, -0.05) is 0 Å². The number of nitrogens with one attached hydrogen (secondary N) is 1. The SMILES string of the molecule is COCC(=O)N/N=C(\C)CC(=O)N1CCCC1. The maximum Gasteiger partial charge on any atom is 0.266 e. The minimum atomic E-state index is -0.319. The highest BCUT2D eigenvalue weighted by Crippen LogP contribution is 2.08. The van der Waals surface area contributed by atoms with Crippen molar-refractivity contribution in [3.05, 3.63) is 0 Å². The number of hydrogen-bond acceptors (Lipinski definition) is 4. The molecule has 1 N–H and O–H groups in total. The summed E-state index contributed by atoms with van der Waals surface area (Å²) in [6.45, 7) is 3.36. The molecule has 1 rings (SSSR count). The van der Waals surface area contributed by atoms with Crippen LogP contribution in [-0.4, -0.2) is 49.2 Å². The molecule has 0 bridgehead atoms. The summed E-state index contributed by atoms with van der Waals surface area (Å²) in [7, 11) is 1.44. The van der Waals surface area contributed by atoms with Gasteiger partial charge in [-0.3, -0.25) is 9.59 Å². The number of hydrazone groups is 1. The molecule has 96 valence electrons. The Labute approximate surface area is 101 Å². The lowest BCUT2D eigenvalue weighted by Gasteiger charge is -2.14. The third-order valence-electron chi connectivity index (χ3n) is 2.51. The molecule has 0 atom stereocenters. The highest BCUT2D eigenvalue weighted by molar-refractivity contribution is 6.00. The lowest BCUT2D eigenvalue weighted by molar-refractivity contribution is -0.129. The van der Waals surface area contributed by atoms with Gasteiger partial charge >= 0.3 is 0 Å². The van der Waals surface area contributed by atoms with E-state index >= 15 is 0 Å². The number of rotatable bonds is 5. The lowest BCUT2D eigenvalue weighted by Crippen LogP contribution is -2.30. The van der Waals surface area contributed by atoms with Crippen molar-refractivity contribution in [2.45, 2.75) is 26.2 Å². The van der Waals surface area contributed by atoms with Gasteiger partial charge in [0.1, 0.15) is 6.61 Å². The van der Waals surface area contributed by atoms with E-state index in [0.717, 1.165) is 25.9 Å². The first-order valence-electron chi connectivity index (χ1n) is 5.72. The van der Waals surface area contributed by atoms with Crippen molar-refractivity contribution in [2.75, 3.05) is 26.8 Å². The molecule has 0 spiro atoms. The zero-order chi connectivity index (χ0) is 12.7. The van der Waals surface area contributed by atoms with Crippen molar-refractivity contribution in [1.29, 1.82) is 0 Å². The minimum Gasteiger partial charge on any atom is -0.375 e. The number of carbonyl (C=O) groups excluding carboxylic acids is 2. The number of nitrogens with zero attached hydrogens (tertiary/aromatic N) is 2. The van der Waals surface area contributed by atoms with Crippen molar-refractivity contribution in [2.24, 2.45) is 5.10 Å². The molecule has 1 fully saturated rings. The summed E-state index contributed by atoms with van der Waals surface area (Å²) in [6, 6.07) is 0. The number of ether oxygens (including phenoxy) is 1. The van der Waals surface area contributed by atoms with Crippen LogP contribution >= 0.6 is 0 Å². The zero-order valence-electron chi connectivity index (χ0n) is 10.4. The van der Waals surface area contributed by atoms with E-state index in [2.05, 4.69) is 15.3 Å². The predicted octanol–water partition coefficient (Wildman–Crippen LogP) is 0.137. The third-order valence-corrected chi connectivity index (χ3v) is 2.51. The molecule has 0 aromatic heterocycles. The first kappa shape index (κ1) is 13.6. The van der Waals surface area contributed by atoms with Crippen LogP contribution in [0.1, 0.15) is 26.2 Å². The molecule has 0 unspecified atom stereocenters. The lowest BCUT2D eigenvalue weighted by atomic mass is 10.3. The van der Waals surface area contributed by atoms with Gasteiger partial charge in [0.05, 0.1) is 6.42 Å². The van der Waals surface area contributed by atoms with Crippen LogP contribution in [0.25, 0.3) is 0 Å². The van der Waals surface area contributed by atoms with Gasteiger partial charge in [-0.2, -0.15) is 5.10 Å². The molecular formula is C11H19N3O3. The van der Waals surface area contributed by atoms with Gasteiger partial charge in [-0.15, -0.1) is 0 Å². The molecule has 2 amide bonds. The van der Waals surface area contributed by atoms with Crippen LogP contribution in [0.3, 0.4) is 0 Å². The Hall–Kier alpha value is -1.43.